The van der Waals surface area contributed by atoms with Gasteiger partial charge in [-0.25, -0.2) is 0 Å². The van der Waals surface area contributed by atoms with Gasteiger partial charge >= 0.3 is 5.97 Å². The number of ether oxygens (including phenoxy) is 1. The smallest absolute Gasteiger partial charge is 0.325 e. The van der Waals surface area contributed by atoms with Crippen LogP contribution < -0.4 is 10.2 Å². The summed E-state index contributed by atoms with van der Waals surface area (Å²) >= 11 is 0. The molecule has 1 amide bonds. The zero-order valence-electron chi connectivity index (χ0n) is 14.1. The number of fused-ring (bicyclic) bond motifs is 1. The molecular formula is C19H27N2O3+. The van der Waals surface area contributed by atoms with Crippen LogP contribution in [-0.2, 0) is 9.53 Å². The maximum absolute atomic E-state index is 11.9. The Morgan fingerprint density at radius 1 is 1.08 bits per heavy atom. The Labute approximate surface area is 143 Å². The average molecular weight is 331 g/mol. The summed E-state index contributed by atoms with van der Waals surface area (Å²) in [6.07, 6.45) is 6.24. The number of quaternary nitrogens is 1. The number of hydrogen-bond donors (Lipinski definition) is 2. The lowest BCUT2D eigenvalue weighted by Gasteiger charge is -2.40. The molecule has 0 saturated carbocycles. The van der Waals surface area contributed by atoms with E-state index in [-0.39, 0.29) is 18.4 Å². The van der Waals surface area contributed by atoms with E-state index < -0.39 is 0 Å². The fraction of sp³-hybridized carbons (Fsp3) is 0.579. The first-order chi connectivity index (χ1) is 11.7. The Morgan fingerprint density at radius 3 is 2.71 bits per heavy atom. The lowest BCUT2D eigenvalue weighted by atomic mass is 9.84. The predicted octanol–water partition coefficient (Wildman–Crippen LogP) is 0.807. The number of piperidine rings is 2. The van der Waals surface area contributed by atoms with Crippen molar-refractivity contribution in [3.8, 4) is 0 Å². The number of esters is 1. The third kappa shape index (κ3) is 4.35. The molecule has 1 aromatic rings. The van der Waals surface area contributed by atoms with Crippen LogP contribution >= 0.6 is 0 Å². The molecule has 2 heterocycles. The Balaban J connectivity index is 1.41. The van der Waals surface area contributed by atoms with Crippen LogP contribution in [0.5, 0.6) is 0 Å². The fourth-order valence-corrected chi connectivity index (χ4v) is 4.07. The molecule has 1 unspecified atom stereocenters. The predicted molar refractivity (Wildman–Crippen MR) is 90.8 cm³/mol. The number of amides is 1. The Morgan fingerprint density at radius 2 is 1.88 bits per heavy atom. The summed E-state index contributed by atoms with van der Waals surface area (Å²) in [7, 11) is 0. The molecule has 0 aromatic heterocycles. The van der Waals surface area contributed by atoms with Crippen molar-refractivity contribution in [1.82, 2.24) is 5.32 Å². The number of rotatable bonds is 5. The molecule has 2 fully saturated rings. The molecule has 0 radical (unpaired) electrons. The van der Waals surface area contributed by atoms with Crippen LogP contribution in [0.4, 0.5) is 0 Å². The summed E-state index contributed by atoms with van der Waals surface area (Å²) < 4.78 is 5.45. The molecule has 2 aliphatic heterocycles. The van der Waals surface area contributed by atoms with Crippen LogP contribution in [0.2, 0.25) is 0 Å². The second-order valence-electron chi connectivity index (χ2n) is 6.89. The Kier molecular flexibility index (Phi) is 5.86. The molecule has 2 N–H and O–H groups in total. The van der Waals surface area contributed by atoms with E-state index in [0.29, 0.717) is 24.1 Å². The monoisotopic (exact) mass is 331 g/mol. The summed E-state index contributed by atoms with van der Waals surface area (Å²) in [5.74, 6) is -0.113. The van der Waals surface area contributed by atoms with Crippen LogP contribution in [-0.4, -0.2) is 44.2 Å². The van der Waals surface area contributed by atoms with Gasteiger partial charge in [0.2, 0.25) is 0 Å². The number of hydrogen-bond acceptors (Lipinski definition) is 3. The quantitative estimate of drug-likeness (QED) is 0.785. The molecule has 3 rings (SSSR count). The zero-order valence-corrected chi connectivity index (χ0v) is 14.1. The second-order valence-corrected chi connectivity index (χ2v) is 6.89. The lowest BCUT2D eigenvalue weighted by Crippen LogP contribution is -3.18. The minimum atomic E-state index is -0.345. The van der Waals surface area contributed by atoms with E-state index in [2.05, 4.69) is 5.32 Å². The van der Waals surface area contributed by atoms with Gasteiger partial charge in [-0.05, 0) is 44.2 Å². The average Bonchev–Trinajstić information content (AvgIpc) is 2.65. The van der Waals surface area contributed by atoms with Crippen molar-refractivity contribution in [3.05, 3.63) is 35.9 Å². The molecule has 1 aromatic carbocycles. The first-order valence-electron chi connectivity index (χ1n) is 9.07. The van der Waals surface area contributed by atoms with Crippen molar-refractivity contribution in [2.45, 2.75) is 38.1 Å². The van der Waals surface area contributed by atoms with Crippen LogP contribution in [0.15, 0.2) is 30.3 Å². The Bertz CT molecular complexity index is 559. The maximum Gasteiger partial charge on any atom is 0.325 e. The normalized spacial score (nSPS) is 26.2. The van der Waals surface area contributed by atoms with Gasteiger partial charge in [-0.15, -0.1) is 0 Å². The van der Waals surface area contributed by atoms with Crippen molar-refractivity contribution in [2.24, 2.45) is 5.92 Å². The van der Waals surface area contributed by atoms with Gasteiger partial charge in [0, 0.05) is 11.5 Å². The number of carbonyl (C=O) groups is 2. The van der Waals surface area contributed by atoms with E-state index in [1.807, 2.05) is 6.07 Å². The molecule has 0 bridgehead atoms. The maximum atomic E-state index is 11.9. The van der Waals surface area contributed by atoms with Crippen LogP contribution in [0.25, 0.3) is 0 Å². The van der Waals surface area contributed by atoms with Crippen molar-refractivity contribution >= 4 is 11.9 Å². The van der Waals surface area contributed by atoms with Gasteiger partial charge < -0.3 is 15.0 Å². The molecule has 130 valence electrons. The van der Waals surface area contributed by atoms with Crippen molar-refractivity contribution < 1.29 is 19.2 Å². The molecule has 2 saturated heterocycles. The topological polar surface area (TPSA) is 59.8 Å². The number of benzene rings is 1. The minimum Gasteiger partial charge on any atom is -0.464 e. The molecule has 0 aliphatic carbocycles. The molecule has 2 aliphatic rings. The van der Waals surface area contributed by atoms with Crippen molar-refractivity contribution in [2.75, 3.05) is 26.2 Å². The van der Waals surface area contributed by atoms with E-state index in [0.717, 1.165) is 6.42 Å². The van der Waals surface area contributed by atoms with Crippen LogP contribution in [0.3, 0.4) is 0 Å². The summed E-state index contributed by atoms with van der Waals surface area (Å²) in [6.45, 7) is 2.96. The third-order valence-corrected chi connectivity index (χ3v) is 5.32. The van der Waals surface area contributed by atoms with Gasteiger partial charge in [-0.2, -0.15) is 0 Å². The van der Waals surface area contributed by atoms with E-state index in [9.17, 15) is 9.59 Å². The highest BCUT2D eigenvalue weighted by molar-refractivity contribution is 5.95. The number of nitrogens with one attached hydrogen (secondary N) is 2. The second kappa shape index (κ2) is 8.29. The van der Waals surface area contributed by atoms with Gasteiger partial charge in [-0.3, -0.25) is 9.59 Å². The van der Waals surface area contributed by atoms with E-state index in [1.165, 1.54) is 38.8 Å². The summed E-state index contributed by atoms with van der Waals surface area (Å²) in [5.41, 5.74) is 0.555. The fourth-order valence-electron chi connectivity index (χ4n) is 4.07. The molecule has 3 atom stereocenters. The van der Waals surface area contributed by atoms with Gasteiger partial charge in [-0.1, -0.05) is 18.2 Å². The molecule has 5 nitrogen and oxygen atoms in total. The largest absolute Gasteiger partial charge is 0.464 e. The summed E-state index contributed by atoms with van der Waals surface area (Å²) in [5, 5.41) is 2.62. The minimum absolute atomic E-state index is 0.0678. The molecule has 0 spiro atoms. The van der Waals surface area contributed by atoms with E-state index in [4.69, 9.17) is 4.74 Å². The Hall–Kier alpha value is -1.88. The highest BCUT2D eigenvalue weighted by Gasteiger charge is 2.37. The van der Waals surface area contributed by atoms with Gasteiger partial charge in [0.1, 0.15) is 6.54 Å². The van der Waals surface area contributed by atoms with Crippen molar-refractivity contribution in [3.63, 3.8) is 0 Å². The van der Waals surface area contributed by atoms with Crippen molar-refractivity contribution in [1.29, 1.82) is 0 Å². The first kappa shape index (κ1) is 17.0. The van der Waals surface area contributed by atoms with Crippen LogP contribution in [0.1, 0.15) is 42.5 Å². The number of carbonyl (C=O) groups excluding carboxylic acids is 2. The lowest BCUT2D eigenvalue weighted by molar-refractivity contribution is -0.940. The first-order valence-corrected chi connectivity index (χ1v) is 9.07. The van der Waals surface area contributed by atoms with Gasteiger partial charge in [0.25, 0.3) is 5.91 Å². The van der Waals surface area contributed by atoms with E-state index in [1.54, 1.807) is 29.2 Å². The van der Waals surface area contributed by atoms with Gasteiger partial charge in [0.15, 0.2) is 0 Å². The molecular weight excluding hydrogens is 304 g/mol. The standard InChI is InChI=1S/C19H26N2O3/c22-18(13-20-19(23)15-7-2-1-3-8-15)24-14-16-9-6-12-21-11-5-4-10-17(16)21/h1-3,7-8,16-17H,4-6,9-14H2,(H,20,23)/p+1/t16-,17-/m0/s1. The van der Waals surface area contributed by atoms with Crippen LogP contribution in [0, 0.1) is 5.92 Å². The summed E-state index contributed by atoms with van der Waals surface area (Å²) in [4.78, 5) is 25.6. The molecule has 5 heteroatoms. The van der Waals surface area contributed by atoms with Gasteiger partial charge in [0.05, 0.1) is 25.7 Å². The SMILES string of the molecule is O=C(CNC(=O)c1ccccc1)OC[C@@H]1CCC[NH+]2CCCC[C@@H]12. The molecule has 24 heavy (non-hydrogen) atoms. The third-order valence-electron chi connectivity index (χ3n) is 5.32. The summed E-state index contributed by atoms with van der Waals surface area (Å²) in [6, 6.07) is 9.56. The zero-order chi connectivity index (χ0) is 16.8. The highest BCUT2D eigenvalue weighted by Crippen LogP contribution is 2.20. The van der Waals surface area contributed by atoms with E-state index >= 15 is 0 Å². The highest BCUT2D eigenvalue weighted by atomic mass is 16.5.